The molecule has 1 aromatic carbocycles. The summed E-state index contributed by atoms with van der Waals surface area (Å²) in [6.07, 6.45) is -2.09. The van der Waals surface area contributed by atoms with Gasteiger partial charge in [0.05, 0.1) is 23.2 Å². The lowest BCUT2D eigenvalue weighted by Crippen LogP contribution is -2.40. The second kappa shape index (κ2) is 7.45. The fourth-order valence-electron chi connectivity index (χ4n) is 3.48. The summed E-state index contributed by atoms with van der Waals surface area (Å²) in [4.78, 5) is 17.4. The van der Waals surface area contributed by atoms with Gasteiger partial charge in [0.25, 0.3) is 0 Å². The number of rotatable bonds is 4. The van der Waals surface area contributed by atoms with Crippen LogP contribution in [0.25, 0.3) is 0 Å². The van der Waals surface area contributed by atoms with Gasteiger partial charge in [0.2, 0.25) is 0 Å². The second-order valence-corrected chi connectivity index (χ2v) is 6.39. The highest BCUT2D eigenvalue weighted by atomic mass is 19.4. The predicted molar refractivity (Wildman–Crippen MR) is 89.5 cm³/mol. The zero-order chi connectivity index (χ0) is 18.7. The summed E-state index contributed by atoms with van der Waals surface area (Å²) in [6, 6.07) is 10.0. The number of carboxylic acids is 1. The third-order valence-corrected chi connectivity index (χ3v) is 4.77. The zero-order valence-corrected chi connectivity index (χ0v) is 14.0. The summed E-state index contributed by atoms with van der Waals surface area (Å²) >= 11 is 0. The van der Waals surface area contributed by atoms with Gasteiger partial charge in [0, 0.05) is 6.20 Å². The molecule has 2 heterocycles. The van der Waals surface area contributed by atoms with Crippen LogP contribution in [0.4, 0.5) is 13.2 Å². The second-order valence-electron chi connectivity index (χ2n) is 6.39. The summed E-state index contributed by atoms with van der Waals surface area (Å²) in [5, 5.41) is 9.17. The van der Waals surface area contributed by atoms with Gasteiger partial charge in [-0.05, 0) is 49.7 Å². The Balaban J connectivity index is 2.01. The number of alkyl halides is 3. The average Bonchev–Trinajstić information content (AvgIpc) is 2.63. The quantitative estimate of drug-likeness (QED) is 0.891. The Morgan fingerprint density at radius 2 is 1.77 bits per heavy atom. The van der Waals surface area contributed by atoms with Crippen LogP contribution in [0.2, 0.25) is 0 Å². The zero-order valence-electron chi connectivity index (χ0n) is 14.0. The third kappa shape index (κ3) is 3.88. The van der Waals surface area contributed by atoms with E-state index in [1.807, 2.05) is 4.90 Å². The highest BCUT2D eigenvalue weighted by molar-refractivity contribution is 5.70. The standard InChI is InChI=1S/C19H19F3N2O2/c20-19(21,22)15-6-2-1-5-14(15)17(16-7-3-4-10-23-16)24-11-8-13(9-12-24)18(25)26/h1-7,10,13,17H,8-9,11-12H2,(H,25,26). The minimum atomic E-state index is -4.47. The van der Waals surface area contributed by atoms with E-state index in [4.69, 9.17) is 5.11 Å². The van der Waals surface area contributed by atoms with Crippen molar-refractivity contribution in [1.82, 2.24) is 9.88 Å². The van der Waals surface area contributed by atoms with E-state index in [0.717, 1.165) is 6.07 Å². The largest absolute Gasteiger partial charge is 0.481 e. The Bertz CT molecular complexity index is 757. The highest BCUT2D eigenvalue weighted by Crippen LogP contribution is 2.39. The maximum absolute atomic E-state index is 13.5. The molecule has 1 aromatic heterocycles. The van der Waals surface area contributed by atoms with E-state index < -0.39 is 29.7 Å². The summed E-state index contributed by atoms with van der Waals surface area (Å²) in [7, 11) is 0. The molecule has 1 N–H and O–H groups in total. The molecule has 0 bridgehead atoms. The highest BCUT2D eigenvalue weighted by Gasteiger charge is 2.38. The number of aromatic nitrogens is 1. The summed E-state index contributed by atoms with van der Waals surface area (Å²) < 4.78 is 40.6. The molecule has 0 saturated carbocycles. The van der Waals surface area contributed by atoms with Crippen LogP contribution in [0.5, 0.6) is 0 Å². The molecule has 0 radical (unpaired) electrons. The van der Waals surface area contributed by atoms with Gasteiger partial charge in [-0.3, -0.25) is 14.7 Å². The molecule has 0 aliphatic carbocycles. The van der Waals surface area contributed by atoms with Crippen molar-refractivity contribution < 1.29 is 23.1 Å². The van der Waals surface area contributed by atoms with Crippen molar-refractivity contribution in [3.8, 4) is 0 Å². The summed E-state index contributed by atoms with van der Waals surface area (Å²) in [6.45, 7) is 0.814. The third-order valence-electron chi connectivity index (χ3n) is 4.77. The Kier molecular flexibility index (Phi) is 5.27. The number of aliphatic carboxylic acids is 1. The van der Waals surface area contributed by atoms with Crippen LogP contribution >= 0.6 is 0 Å². The molecule has 1 aliphatic rings. The normalized spacial score (nSPS) is 17.8. The molecule has 1 fully saturated rings. The van der Waals surface area contributed by atoms with Crippen molar-refractivity contribution in [2.45, 2.75) is 25.1 Å². The van der Waals surface area contributed by atoms with Gasteiger partial charge in [0.1, 0.15) is 0 Å². The van der Waals surface area contributed by atoms with Crippen molar-refractivity contribution in [2.24, 2.45) is 5.92 Å². The number of likely N-dealkylation sites (tertiary alicyclic amines) is 1. The van der Waals surface area contributed by atoms with Crippen LogP contribution in [-0.4, -0.2) is 34.0 Å². The van der Waals surface area contributed by atoms with Crippen LogP contribution in [0.3, 0.4) is 0 Å². The molecule has 2 aromatic rings. The molecule has 1 saturated heterocycles. The van der Waals surface area contributed by atoms with E-state index in [-0.39, 0.29) is 5.56 Å². The van der Waals surface area contributed by atoms with Crippen LogP contribution in [0, 0.1) is 5.92 Å². The van der Waals surface area contributed by atoms with Gasteiger partial charge >= 0.3 is 12.1 Å². The average molecular weight is 364 g/mol. The van der Waals surface area contributed by atoms with Crippen LogP contribution < -0.4 is 0 Å². The van der Waals surface area contributed by atoms with Crippen molar-refractivity contribution in [1.29, 1.82) is 0 Å². The molecule has 3 rings (SSSR count). The van der Waals surface area contributed by atoms with Gasteiger partial charge in [-0.1, -0.05) is 24.3 Å². The molecule has 138 valence electrons. The van der Waals surface area contributed by atoms with Crippen molar-refractivity contribution in [2.75, 3.05) is 13.1 Å². The molecule has 1 unspecified atom stereocenters. The number of carbonyl (C=O) groups is 1. The lowest BCUT2D eigenvalue weighted by Gasteiger charge is -2.37. The van der Waals surface area contributed by atoms with Crippen LogP contribution in [-0.2, 0) is 11.0 Å². The van der Waals surface area contributed by atoms with Crippen molar-refractivity contribution in [3.63, 3.8) is 0 Å². The molecule has 1 atom stereocenters. The smallest absolute Gasteiger partial charge is 0.416 e. The molecule has 0 spiro atoms. The number of nitrogens with zero attached hydrogens (tertiary/aromatic N) is 2. The number of carboxylic acid groups (broad SMARTS) is 1. The number of piperidine rings is 1. The van der Waals surface area contributed by atoms with Gasteiger partial charge in [-0.25, -0.2) is 0 Å². The first-order valence-electron chi connectivity index (χ1n) is 8.42. The lowest BCUT2D eigenvalue weighted by molar-refractivity contribution is -0.143. The van der Waals surface area contributed by atoms with Crippen molar-refractivity contribution >= 4 is 5.97 Å². The Morgan fingerprint density at radius 1 is 1.12 bits per heavy atom. The summed E-state index contributed by atoms with van der Waals surface area (Å²) in [5.41, 5.74) is -0.0125. The minimum Gasteiger partial charge on any atom is -0.481 e. The van der Waals surface area contributed by atoms with E-state index in [2.05, 4.69) is 4.98 Å². The van der Waals surface area contributed by atoms with Gasteiger partial charge < -0.3 is 5.11 Å². The molecular weight excluding hydrogens is 345 g/mol. The molecule has 1 aliphatic heterocycles. The van der Waals surface area contributed by atoms with E-state index in [0.29, 0.717) is 31.6 Å². The molecule has 7 heteroatoms. The molecule has 0 amide bonds. The minimum absolute atomic E-state index is 0.146. The first kappa shape index (κ1) is 18.4. The van der Waals surface area contributed by atoms with E-state index >= 15 is 0 Å². The first-order valence-corrected chi connectivity index (χ1v) is 8.42. The van der Waals surface area contributed by atoms with Crippen molar-refractivity contribution in [3.05, 3.63) is 65.5 Å². The Labute approximate surface area is 149 Å². The maximum Gasteiger partial charge on any atom is 0.416 e. The van der Waals surface area contributed by atoms with Crippen LogP contribution in [0.15, 0.2) is 48.7 Å². The Hall–Kier alpha value is -2.41. The topological polar surface area (TPSA) is 53.4 Å². The Morgan fingerprint density at radius 3 is 2.35 bits per heavy atom. The molecular formula is C19H19F3N2O2. The monoisotopic (exact) mass is 364 g/mol. The summed E-state index contributed by atoms with van der Waals surface area (Å²) in [5.74, 6) is -1.30. The van der Waals surface area contributed by atoms with Gasteiger partial charge in [0.15, 0.2) is 0 Å². The van der Waals surface area contributed by atoms with E-state index in [9.17, 15) is 18.0 Å². The van der Waals surface area contributed by atoms with E-state index in [1.54, 1.807) is 30.5 Å². The molecule has 26 heavy (non-hydrogen) atoms. The first-order chi connectivity index (χ1) is 12.4. The fraction of sp³-hybridized carbons (Fsp3) is 0.368. The maximum atomic E-state index is 13.5. The van der Waals surface area contributed by atoms with Crippen LogP contribution in [0.1, 0.15) is 35.7 Å². The van der Waals surface area contributed by atoms with Gasteiger partial charge in [-0.2, -0.15) is 13.2 Å². The van der Waals surface area contributed by atoms with Gasteiger partial charge in [-0.15, -0.1) is 0 Å². The number of benzene rings is 1. The fourth-order valence-corrected chi connectivity index (χ4v) is 3.48. The number of pyridine rings is 1. The number of hydrogen-bond acceptors (Lipinski definition) is 3. The lowest BCUT2D eigenvalue weighted by atomic mass is 9.91. The number of hydrogen-bond donors (Lipinski definition) is 1. The number of halogens is 3. The molecule has 4 nitrogen and oxygen atoms in total. The predicted octanol–water partition coefficient (Wildman–Crippen LogP) is 3.99. The van der Waals surface area contributed by atoms with E-state index in [1.165, 1.54) is 12.1 Å². The SMILES string of the molecule is O=C(O)C1CCN(C(c2ccccn2)c2ccccc2C(F)(F)F)CC1.